The number of halogens is 1. The summed E-state index contributed by atoms with van der Waals surface area (Å²) in [5.74, 6) is -0.689. The molecule has 3 rings (SSSR count). The monoisotopic (exact) mass is 288 g/mol. The second-order valence-electron chi connectivity index (χ2n) is 6.54. The second-order valence-corrected chi connectivity index (χ2v) is 6.54. The molecule has 21 heavy (non-hydrogen) atoms. The van der Waals surface area contributed by atoms with Crippen LogP contribution in [0.3, 0.4) is 0 Å². The third kappa shape index (κ3) is 2.60. The van der Waals surface area contributed by atoms with E-state index >= 15 is 0 Å². The first-order valence-corrected chi connectivity index (χ1v) is 7.02. The maximum atomic E-state index is 13.1. The normalized spacial score (nSPS) is 27.7. The maximum absolute atomic E-state index is 13.1. The van der Waals surface area contributed by atoms with Crippen molar-refractivity contribution in [2.45, 2.75) is 32.7 Å². The summed E-state index contributed by atoms with van der Waals surface area (Å²) in [5, 5.41) is 2.74. The van der Waals surface area contributed by atoms with Crippen LogP contribution in [0.4, 0.5) is 9.18 Å². The van der Waals surface area contributed by atoms with E-state index in [9.17, 15) is 14.0 Å². The van der Waals surface area contributed by atoms with Crippen LogP contribution in [0.15, 0.2) is 29.3 Å². The number of urea groups is 1. The molecule has 0 spiro atoms. The molecule has 110 valence electrons. The van der Waals surface area contributed by atoms with Gasteiger partial charge in [-0.15, -0.1) is 0 Å². The lowest BCUT2D eigenvalue weighted by molar-refractivity contribution is -0.124. The topological polar surface area (TPSA) is 58.5 Å². The Morgan fingerprint density at radius 3 is 2.52 bits per heavy atom. The number of rotatable bonds is 1. The Kier molecular flexibility index (Phi) is 3.15. The molecule has 1 saturated carbocycles. The van der Waals surface area contributed by atoms with Crippen LogP contribution in [-0.4, -0.2) is 17.5 Å². The SMILES string of the molecule is CC1(C)CC(=O)C2C(=NC(=O)NC2c2ccc(F)cc2)C1. The highest BCUT2D eigenvalue weighted by molar-refractivity contribution is 6.13. The lowest BCUT2D eigenvalue weighted by Gasteiger charge is -2.40. The van der Waals surface area contributed by atoms with Gasteiger partial charge in [-0.3, -0.25) is 4.79 Å². The quantitative estimate of drug-likeness (QED) is 0.863. The molecule has 2 aliphatic rings. The molecule has 0 aromatic heterocycles. The Hall–Kier alpha value is -2.04. The first-order valence-electron chi connectivity index (χ1n) is 7.02. The fourth-order valence-corrected chi connectivity index (χ4v) is 3.24. The predicted molar refractivity (Wildman–Crippen MR) is 76.6 cm³/mol. The molecule has 1 aliphatic carbocycles. The molecule has 4 nitrogen and oxygen atoms in total. The van der Waals surface area contributed by atoms with Gasteiger partial charge < -0.3 is 5.32 Å². The van der Waals surface area contributed by atoms with Crippen molar-refractivity contribution in [2.24, 2.45) is 16.3 Å². The fraction of sp³-hybridized carbons (Fsp3) is 0.438. The van der Waals surface area contributed by atoms with Crippen LogP contribution in [0.5, 0.6) is 0 Å². The van der Waals surface area contributed by atoms with E-state index in [1.807, 2.05) is 13.8 Å². The van der Waals surface area contributed by atoms with Gasteiger partial charge in [-0.2, -0.15) is 0 Å². The first kappa shape index (κ1) is 13.9. The van der Waals surface area contributed by atoms with Gasteiger partial charge in [0.2, 0.25) is 0 Å². The average Bonchev–Trinajstić information content (AvgIpc) is 2.36. The summed E-state index contributed by atoms with van der Waals surface area (Å²) in [6, 6.07) is 5.01. The average molecular weight is 288 g/mol. The van der Waals surface area contributed by atoms with Crippen molar-refractivity contribution >= 4 is 17.5 Å². The van der Waals surface area contributed by atoms with Crippen LogP contribution in [-0.2, 0) is 4.79 Å². The van der Waals surface area contributed by atoms with E-state index in [2.05, 4.69) is 10.3 Å². The Labute approximate surface area is 122 Å². The van der Waals surface area contributed by atoms with Crippen molar-refractivity contribution in [1.29, 1.82) is 0 Å². The fourth-order valence-electron chi connectivity index (χ4n) is 3.24. The van der Waals surface area contributed by atoms with Crippen LogP contribution >= 0.6 is 0 Å². The number of Topliss-reactive ketones (excluding diaryl/α,β-unsaturated/α-hetero) is 1. The number of amides is 2. The molecule has 2 atom stereocenters. The third-order valence-corrected chi connectivity index (χ3v) is 4.10. The van der Waals surface area contributed by atoms with E-state index in [1.165, 1.54) is 12.1 Å². The number of nitrogens with one attached hydrogen (secondary N) is 1. The summed E-state index contributed by atoms with van der Waals surface area (Å²) in [4.78, 5) is 28.3. The van der Waals surface area contributed by atoms with Crippen molar-refractivity contribution in [3.63, 3.8) is 0 Å². The minimum atomic E-state index is -0.450. The van der Waals surface area contributed by atoms with E-state index in [1.54, 1.807) is 12.1 Å². The second kappa shape index (κ2) is 4.76. The number of carbonyl (C=O) groups excluding carboxylic acids is 2. The van der Waals surface area contributed by atoms with Crippen molar-refractivity contribution in [2.75, 3.05) is 0 Å². The molecule has 0 saturated heterocycles. The van der Waals surface area contributed by atoms with Crippen molar-refractivity contribution in [3.05, 3.63) is 35.6 Å². The summed E-state index contributed by atoms with van der Waals surface area (Å²) < 4.78 is 13.1. The Morgan fingerprint density at radius 1 is 1.19 bits per heavy atom. The van der Waals surface area contributed by atoms with Crippen molar-refractivity contribution < 1.29 is 14.0 Å². The van der Waals surface area contributed by atoms with Gasteiger partial charge >= 0.3 is 6.03 Å². The molecule has 2 amide bonds. The number of aliphatic imine (C=N–C) groups is 1. The smallest absolute Gasteiger partial charge is 0.328 e. The van der Waals surface area contributed by atoms with Gasteiger partial charge in [0.05, 0.1) is 12.0 Å². The molecule has 1 N–H and O–H groups in total. The van der Waals surface area contributed by atoms with Gasteiger partial charge in [0, 0.05) is 12.1 Å². The third-order valence-electron chi connectivity index (χ3n) is 4.10. The van der Waals surface area contributed by atoms with Gasteiger partial charge in [0.1, 0.15) is 11.6 Å². The standard InChI is InChI=1S/C16H17FN2O2/c1-16(2)7-11-13(12(20)8-16)14(19-15(21)18-11)9-3-5-10(17)6-4-9/h3-6,13-14H,7-8H2,1-2H3,(H,19,21). The summed E-state index contributed by atoms with van der Waals surface area (Å²) in [5.41, 5.74) is 1.21. The predicted octanol–water partition coefficient (Wildman–Crippen LogP) is 3.04. The highest BCUT2D eigenvalue weighted by atomic mass is 19.1. The molecule has 1 heterocycles. The summed E-state index contributed by atoms with van der Waals surface area (Å²) in [6.07, 6.45) is 1.10. The zero-order chi connectivity index (χ0) is 15.2. The molecule has 0 radical (unpaired) electrons. The van der Waals surface area contributed by atoms with Crippen LogP contribution in [0.1, 0.15) is 38.3 Å². The molecular formula is C16H17FN2O2. The Morgan fingerprint density at radius 2 is 1.86 bits per heavy atom. The van der Waals surface area contributed by atoms with E-state index in [-0.39, 0.29) is 17.0 Å². The zero-order valence-corrected chi connectivity index (χ0v) is 12.0. The Balaban J connectivity index is 2.00. The van der Waals surface area contributed by atoms with E-state index in [0.29, 0.717) is 18.6 Å². The molecule has 1 fully saturated rings. The van der Waals surface area contributed by atoms with Crippen LogP contribution in [0.2, 0.25) is 0 Å². The number of carbonyl (C=O) groups is 2. The molecule has 2 unspecified atom stereocenters. The molecule has 0 bridgehead atoms. The molecule has 1 aromatic rings. The summed E-state index contributed by atoms with van der Waals surface area (Å²) in [7, 11) is 0. The van der Waals surface area contributed by atoms with E-state index < -0.39 is 18.0 Å². The Bertz CT molecular complexity index is 634. The highest BCUT2D eigenvalue weighted by Gasteiger charge is 2.45. The zero-order valence-electron chi connectivity index (χ0n) is 12.0. The number of hydrogen-bond acceptors (Lipinski definition) is 2. The van der Waals surface area contributed by atoms with Gasteiger partial charge in [-0.1, -0.05) is 26.0 Å². The van der Waals surface area contributed by atoms with Crippen molar-refractivity contribution in [1.82, 2.24) is 5.32 Å². The minimum absolute atomic E-state index is 0.0827. The van der Waals surface area contributed by atoms with E-state index in [0.717, 1.165) is 5.56 Å². The summed E-state index contributed by atoms with van der Waals surface area (Å²) in [6.45, 7) is 4.01. The first-order chi connectivity index (χ1) is 9.85. The number of hydrogen-bond donors (Lipinski definition) is 1. The minimum Gasteiger partial charge on any atom is -0.328 e. The maximum Gasteiger partial charge on any atom is 0.341 e. The number of ketones is 1. The number of benzene rings is 1. The highest BCUT2D eigenvalue weighted by Crippen LogP contribution is 2.40. The van der Waals surface area contributed by atoms with Gasteiger partial charge in [0.25, 0.3) is 0 Å². The van der Waals surface area contributed by atoms with Crippen LogP contribution < -0.4 is 5.32 Å². The van der Waals surface area contributed by atoms with Crippen LogP contribution in [0, 0.1) is 17.2 Å². The van der Waals surface area contributed by atoms with Gasteiger partial charge in [-0.05, 0) is 29.5 Å². The van der Waals surface area contributed by atoms with Crippen molar-refractivity contribution in [3.8, 4) is 0 Å². The largest absolute Gasteiger partial charge is 0.341 e. The molecule has 1 aromatic carbocycles. The lowest BCUT2D eigenvalue weighted by atomic mass is 9.67. The van der Waals surface area contributed by atoms with E-state index in [4.69, 9.17) is 0 Å². The lowest BCUT2D eigenvalue weighted by Crippen LogP contribution is -2.49. The number of fused-ring (bicyclic) bond motifs is 1. The summed E-state index contributed by atoms with van der Waals surface area (Å²) >= 11 is 0. The number of nitrogens with zero attached hydrogens (tertiary/aromatic N) is 1. The molecule has 1 aliphatic heterocycles. The van der Waals surface area contributed by atoms with Gasteiger partial charge in [-0.25, -0.2) is 14.2 Å². The molecule has 5 heteroatoms. The van der Waals surface area contributed by atoms with Crippen LogP contribution in [0.25, 0.3) is 0 Å². The molecular weight excluding hydrogens is 271 g/mol. The van der Waals surface area contributed by atoms with Gasteiger partial charge in [0.15, 0.2) is 0 Å².